The first-order valence-electron chi connectivity index (χ1n) is 9.73. The highest BCUT2D eigenvalue weighted by molar-refractivity contribution is 7.89. The van der Waals surface area contributed by atoms with Gasteiger partial charge >= 0.3 is 0 Å². The molecule has 3 aromatic rings. The molecule has 1 aromatic heterocycles. The van der Waals surface area contributed by atoms with E-state index in [0.717, 1.165) is 24.9 Å². The minimum absolute atomic E-state index is 0.135. The molecule has 1 fully saturated rings. The van der Waals surface area contributed by atoms with E-state index in [1.165, 1.54) is 0 Å². The Kier molecular flexibility index (Phi) is 6.03. The number of piperidine rings is 1. The van der Waals surface area contributed by atoms with Crippen molar-refractivity contribution in [2.75, 3.05) is 13.1 Å². The fourth-order valence-corrected chi connectivity index (χ4v) is 4.86. The van der Waals surface area contributed by atoms with Gasteiger partial charge in [-0.3, -0.25) is 4.90 Å². The van der Waals surface area contributed by atoms with Crippen molar-refractivity contribution < 1.29 is 12.9 Å². The minimum Gasteiger partial charge on any atom is -0.339 e. The van der Waals surface area contributed by atoms with Crippen molar-refractivity contribution >= 4 is 10.0 Å². The summed E-state index contributed by atoms with van der Waals surface area (Å²) in [6.07, 6.45) is 2.33. The summed E-state index contributed by atoms with van der Waals surface area (Å²) in [4.78, 5) is 6.95. The van der Waals surface area contributed by atoms with Gasteiger partial charge in [-0.05, 0) is 37.1 Å². The molecule has 152 valence electrons. The molecule has 2 heterocycles. The lowest BCUT2D eigenvalue weighted by molar-refractivity contribution is 0.188. The zero-order valence-corrected chi connectivity index (χ0v) is 16.9. The van der Waals surface area contributed by atoms with Gasteiger partial charge in [0.25, 0.3) is 0 Å². The van der Waals surface area contributed by atoms with Crippen LogP contribution in [-0.4, -0.2) is 42.6 Å². The Labute approximate surface area is 170 Å². The second kappa shape index (κ2) is 8.86. The van der Waals surface area contributed by atoms with Crippen molar-refractivity contribution in [2.45, 2.75) is 36.7 Å². The zero-order valence-electron chi connectivity index (χ0n) is 16.1. The molecule has 0 amide bonds. The van der Waals surface area contributed by atoms with E-state index < -0.39 is 10.0 Å². The Bertz CT molecular complexity index is 1020. The topological polar surface area (TPSA) is 88.3 Å². The fourth-order valence-electron chi connectivity index (χ4n) is 3.58. The van der Waals surface area contributed by atoms with Gasteiger partial charge in [0.2, 0.25) is 15.9 Å². The highest BCUT2D eigenvalue weighted by atomic mass is 32.2. The number of rotatable bonds is 7. The summed E-state index contributed by atoms with van der Waals surface area (Å²) in [6.45, 7) is 2.04. The zero-order chi connectivity index (χ0) is 20.1. The van der Waals surface area contributed by atoms with Crippen LogP contribution in [0.25, 0.3) is 0 Å². The van der Waals surface area contributed by atoms with Crippen LogP contribution in [0.3, 0.4) is 0 Å². The summed E-state index contributed by atoms with van der Waals surface area (Å²) in [6, 6.07) is 18.3. The second-order valence-corrected chi connectivity index (χ2v) is 8.99. The highest BCUT2D eigenvalue weighted by Crippen LogP contribution is 2.16. The molecule has 1 atom stereocenters. The van der Waals surface area contributed by atoms with Gasteiger partial charge in [0, 0.05) is 12.6 Å². The minimum atomic E-state index is -3.51. The van der Waals surface area contributed by atoms with Gasteiger partial charge in [0.05, 0.1) is 17.9 Å². The van der Waals surface area contributed by atoms with E-state index >= 15 is 0 Å². The molecule has 0 saturated carbocycles. The number of hydrogen-bond donors (Lipinski definition) is 1. The third kappa shape index (κ3) is 5.29. The van der Waals surface area contributed by atoms with Crippen molar-refractivity contribution in [1.29, 1.82) is 0 Å². The molecule has 1 N–H and O–H groups in total. The quantitative estimate of drug-likeness (QED) is 0.642. The van der Waals surface area contributed by atoms with Crippen LogP contribution in [0.15, 0.2) is 70.1 Å². The van der Waals surface area contributed by atoms with Crippen LogP contribution >= 0.6 is 0 Å². The largest absolute Gasteiger partial charge is 0.339 e. The summed E-state index contributed by atoms with van der Waals surface area (Å²) in [5.74, 6) is 1.21. The monoisotopic (exact) mass is 412 g/mol. The van der Waals surface area contributed by atoms with Gasteiger partial charge in [-0.15, -0.1) is 0 Å². The lowest BCUT2D eigenvalue weighted by atomic mass is 10.1. The summed E-state index contributed by atoms with van der Waals surface area (Å²) < 4.78 is 33.4. The predicted molar refractivity (Wildman–Crippen MR) is 109 cm³/mol. The number of benzene rings is 2. The molecular formula is C21H24N4O3S. The van der Waals surface area contributed by atoms with Gasteiger partial charge in [-0.1, -0.05) is 53.7 Å². The third-order valence-electron chi connectivity index (χ3n) is 4.95. The van der Waals surface area contributed by atoms with Crippen molar-refractivity contribution in [3.05, 3.63) is 77.9 Å². The summed E-state index contributed by atoms with van der Waals surface area (Å²) in [7, 11) is -3.51. The van der Waals surface area contributed by atoms with Crippen LogP contribution in [0, 0.1) is 0 Å². The van der Waals surface area contributed by atoms with Crippen LogP contribution in [0.1, 0.15) is 30.1 Å². The number of nitrogens with one attached hydrogen (secondary N) is 1. The van der Waals surface area contributed by atoms with Gasteiger partial charge < -0.3 is 4.52 Å². The van der Waals surface area contributed by atoms with E-state index in [4.69, 9.17) is 4.52 Å². The molecular weight excluding hydrogens is 388 g/mol. The molecule has 7 nitrogen and oxygen atoms in total. The Morgan fingerprint density at radius 3 is 2.55 bits per heavy atom. The van der Waals surface area contributed by atoms with E-state index in [1.807, 2.05) is 30.3 Å². The average Bonchev–Trinajstić information content (AvgIpc) is 3.16. The molecule has 1 aliphatic rings. The Balaban J connectivity index is 1.34. The van der Waals surface area contributed by atoms with Crippen LogP contribution in [0.5, 0.6) is 0 Å². The van der Waals surface area contributed by atoms with E-state index in [2.05, 4.69) is 19.8 Å². The van der Waals surface area contributed by atoms with Gasteiger partial charge in [0.15, 0.2) is 5.82 Å². The molecule has 1 saturated heterocycles. The lowest BCUT2D eigenvalue weighted by Gasteiger charge is -2.32. The van der Waals surface area contributed by atoms with Crippen LogP contribution in [-0.2, 0) is 23.0 Å². The average molecular weight is 413 g/mol. The molecule has 0 spiro atoms. The SMILES string of the molecule is O=S(=O)(NC1CCCN(Cc2noc(Cc3ccccc3)n2)C1)c1ccccc1. The van der Waals surface area contributed by atoms with Crippen LogP contribution in [0.2, 0.25) is 0 Å². The van der Waals surface area contributed by atoms with Gasteiger partial charge in [0.1, 0.15) is 0 Å². The van der Waals surface area contributed by atoms with Crippen LogP contribution in [0.4, 0.5) is 0 Å². The molecule has 0 bridgehead atoms. The number of hydrogen-bond acceptors (Lipinski definition) is 6. The molecule has 1 aliphatic heterocycles. The lowest BCUT2D eigenvalue weighted by Crippen LogP contribution is -2.47. The second-order valence-electron chi connectivity index (χ2n) is 7.28. The first-order valence-corrected chi connectivity index (χ1v) is 11.2. The Hall–Kier alpha value is -2.55. The van der Waals surface area contributed by atoms with Crippen molar-refractivity contribution in [3.63, 3.8) is 0 Å². The predicted octanol–water partition coefficient (Wildman–Crippen LogP) is 2.60. The highest BCUT2D eigenvalue weighted by Gasteiger charge is 2.26. The number of nitrogens with zero attached hydrogens (tertiary/aromatic N) is 3. The van der Waals surface area contributed by atoms with E-state index in [9.17, 15) is 8.42 Å². The summed E-state index contributed by atoms with van der Waals surface area (Å²) in [5, 5.41) is 4.09. The maximum Gasteiger partial charge on any atom is 0.240 e. The standard InChI is InChI=1S/C21H24N4O3S/c26-29(27,19-11-5-2-6-12-19)24-18-10-7-13-25(15-18)16-20-22-21(28-23-20)14-17-8-3-1-4-9-17/h1-6,8-9,11-12,18,24H,7,10,13-16H2. The molecule has 29 heavy (non-hydrogen) atoms. The fraction of sp³-hybridized carbons (Fsp3) is 0.333. The first-order chi connectivity index (χ1) is 14.1. The van der Waals surface area contributed by atoms with E-state index in [1.54, 1.807) is 30.3 Å². The normalized spacial score (nSPS) is 18.0. The van der Waals surface area contributed by atoms with Crippen molar-refractivity contribution in [1.82, 2.24) is 19.8 Å². The van der Waals surface area contributed by atoms with E-state index in [-0.39, 0.29) is 6.04 Å². The van der Waals surface area contributed by atoms with Crippen LogP contribution < -0.4 is 4.72 Å². The van der Waals surface area contributed by atoms with Crippen molar-refractivity contribution in [2.24, 2.45) is 0 Å². The molecule has 0 aliphatic carbocycles. The summed E-state index contributed by atoms with van der Waals surface area (Å²) >= 11 is 0. The van der Waals surface area contributed by atoms with E-state index in [0.29, 0.717) is 36.1 Å². The smallest absolute Gasteiger partial charge is 0.240 e. The molecule has 1 unspecified atom stereocenters. The third-order valence-corrected chi connectivity index (χ3v) is 6.49. The molecule has 4 rings (SSSR count). The maximum absolute atomic E-state index is 12.6. The number of aromatic nitrogens is 2. The van der Waals surface area contributed by atoms with Gasteiger partial charge in [-0.25, -0.2) is 13.1 Å². The summed E-state index contributed by atoms with van der Waals surface area (Å²) in [5.41, 5.74) is 1.12. The number of sulfonamides is 1. The molecule has 2 aromatic carbocycles. The molecule has 8 heteroatoms. The number of likely N-dealkylation sites (tertiary alicyclic amines) is 1. The Morgan fingerprint density at radius 2 is 1.79 bits per heavy atom. The molecule has 0 radical (unpaired) electrons. The Morgan fingerprint density at radius 1 is 1.07 bits per heavy atom. The first kappa shape index (κ1) is 19.8. The maximum atomic E-state index is 12.6. The van der Waals surface area contributed by atoms with Crippen molar-refractivity contribution in [3.8, 4) is 0 Å². The van der Waals surface area contributed by atoms with Gasteiger partial charge in [-0.2, -0.15) is 4.98 Å².